The van der Waals surface area contributed by atoms with Crippen molar-refractivity contribution in [1.82, 2.24) is 5.32 Å². The SMILES string of the molecule is CSCc1cc(F)ccc1CNC(=O)CC[C@@H]1CCCO1. The van der Waals surface area contributed by atoms with Crippen molar-refractivity contribution in [3.63, 3.8) is 0 Å². The highest BCUT2D eigenvalue weighted by Crippen LogP contribution is 2.18. The minimum absolute atomic E-state index is 0.0323. The maximum absolute atomic E-state index is 13.3. The largest absolute Gasteiger partial charge is 0.378 e. The lowest BCUT2D eigenvalue weighted by atomic mass is 10.1. The highest BCUT2D eigenvalue weighted by atomic mass is 32.2. The molecule has 1 atom stereocenters. The first-order chi connectivity index (χ1) is 10.2. The van der Waals surface area contributed by atoms with Crippen molar-refractivity contribution >= 4 is 17.7 Å². The van der Waals surface area contributed by atoms with Gasteiger partial charge in [-0.3, -0.25) is 4.79 Å². The Morgan fingerprint density at radius 2 is 2.33 bits per heavy atom. The third kappa shape index (κ3) is 5.32. The van der Waals surface area contributed by atoms with Crippen LogP contribution in [-0.2, 0) is 21.8 Å². The Morgan fingerprint density at radius 1 is 1.48 bits per heavy atom. The molecular formula is C16H22FNO2S. The normalized spacial score (nSPS) is 17.9. The van der Waals surface area contributed by atoms with Gasteiger partial charge in [-0.25, -0.2) is 4.39 Å². The number of ether oxygens (including phenoxy) is 1. The number of nitrogens with one attached hydrogen (secondary N) is 1. The highest BCUT2D eigenvalue weighted by molar-refractivity contribution is 7.97. The Hall–Kier alpha value is -1.07. The van der Waals surface area contributed by atoms with E-state index in [0.717, 1.165) is 42.7 Å². The molecular weight excluding hydrogens is 289 g/mol. The van der Waals surface area contributed by atoms with Crippen molar-refractivity contribution in [3.05, 3.63) is 35.1 Å². The van der Waals surface area contributed by atoms with Crippen LogP contribution in [0.15, 0.2) is 18.2 Å². The first-order valence-electron chi connectivity index (χ1n) is 7.33. The van der Waals surface area contributed by atoms with Crippen molar-refractivity contribution < 1.29 is 13.9 Å². The van der Waals surface area contributed by atoms with E-state index in [1.165, 1.54) is 6.07 Å². The number of rotatable bonds is 7. The molecule has 0 spiro atoms. The van der Waals surface area contributed by atoms with E-state index in [-0.39, 0.29) is 17.8 Å². The Bertz CT molecular complexity index is 475. The molecule has 1 aromatic rings. The molecule has 1 heterocycles. The summed E-state index contributed by atoms with van der Waals surface area (Å²) in [4.78, 5) is 11.9. The van der Waals surface area contributed by atoms with E-state index in [2.05, 4.69) is 5.32 Å². The Labute approximate surface area is 129 Å². The van der Waals surface area contributed by atoms with E-state index in [9.17, 15) is 9.18 Å². The van der Waals surface area contributed by atoms with Crippen molar-refractivity contribution in [2.75, 3.05) is 12.9 Å². The maximum atomic E-state index is 13.3. The van der Waals surface area contributed by atoms with Gasteiger partial charge in [-0.05, 0) is 48.8 Å². The van der Waals surface area contributed by atoms with Crippen LogP contribution in [0.3, 0.4) is 0 Å². The molecule has 0 aliphatic carbocycles. The van der Waals surface area contributed by atoms with Gasteiger partial charge in [0.2, 0.25) is 5.91 Å². The van der Waals surface area contributed by atoms with E-state index >= 15 is 0 Å². The molecule has 0 saturated carbocycles. The van der Waals surface area contributed by atoms with Gasteiger partial charge in [-0.15, -0.1) is 0 Å². The maximum Gasteiger partial charge on any atom is 0.220 e. The van der Waals surface area contributed by atoms with Crippen LogP contribution in [0.25, 0.3) is 0 Å². The van der Waals surface area contributed by atoms with Crippen LogP contribution in [0.4, 0.5) is 4.39 Å². The Balaban J connectivity index is 1.80. The summed E-state index contributed by atoms with van der Waals surface area (Å²) in [7, 11) is 0. The lowest BCUT2D eigenvalue weighted by molar-refractivity contribution is -0.121. The number of hydrogen-bond donors (Lipinski definition) is 1. The average molecular weight is 311 g/mol. The second-order valence-corrected chi connectivity index (χ2v) is 6.16. The number of thioether (sulfide) groups is 1. The molecule has 0 radical (unpaired) electrons. The van der Waals surface area contributed by atoms with Crippen LogP contribution in [0.2, 0.25) is 0 Å². The predicted octanol–water partition coefficient (Wildman–Crippen LogP) is 3.26. The van der Waals surface area contributed by atoms with Gasteiger partial charge in [0, 0.05) is 25.3 Å². The monoisotopic (exact) mass is 311 g/mol. The van der Waals surface area contributed by atoms with Crippen molar-refractivity contribution in [2.24, 2.45) is 0 Å². The summed E-state index contributed by atoms with van der Waals surface area (Å²) >= 11 is 1.64. The lowest BCUT2D eigenvalue weighted by Gasteiger charge is -2.12. The van der Waals surface area contributed by atoms with Crippen LogP contribution in [-0.4, -0.2) is 24.9 Å². The zero-order chi connectivity index (χ0) is 15.1. The van der Waals surface area contributed by atoms with Crippen molar-refractivity contribution in [3.8, 4) is 0 Å². The topological polar surface area (TPSA) is 38.3 Å². The summed E-state index contributed by atoms with van der Waals surface area (Å²) < 4.78 is 18.8. The number of carbonyl (C=O) groups is 1. The molecule has 1 saturated heterocycles. The van der Waals surface area contributed by atoms with Gasteiger partial charge in [-0.2, -0.15) is 11.8 Å². The van der Waals surface area contributed by atoms with Gasteiger partial charge >= 0.3 is 0 Å². The molecule has 2 rings (SSSR count). The lowest BCUT2D eigenvalue weighted by Crippen LogP contribution is -2.24. The molecule has 1 aliphatic heterocycles. The predicted molar refractivity (Wildman–Crippen MR) is 83.7 cm³/mol. The molecule has 1 fully saturated rings. The van der Waals surface area contributed by atoms with Crippen LogP contribution in [0, 0.1) is 5.82 Å². The zero-order valence-corrected chi connectivity index (χ0v) is 13.2. The quantitative estimate of drug-likeness (QED) is 0.840. The molecule has 0 bridgehead atoms. The molecule has 1 aromatic carbocycles. The summed E-state index contributed by atoms with van der Waals surface area (Å²) in [6, 6.07) is 4.74. The van der Waals surface area contributed by atoms with Crippen LogP contribution in [0.5, 0.6) is 0 Å². The number of benzene rings is 1. The van der Waals surface area contributed by atoms with Gasteiger partial charge in [0.15, 0.2) is 0 Å². The first kappa shape index (κ1) is 16.3. The fraction of sp³-hybridized carbons (Fsp3) is 0.562. The number of halogens is 1. The summed E-state index contributed by atoms with van der Waals surface area (Å²) in [6.07, 6.45) is 5.66. The fourth-order valence-electron chi connectivity index (χ4n) is 2.50. The number of amides is 1. The minimum Gasteiger partial charge on any atom is -0.378 e. The smallest absolute Gasteiger partial charge is 0.220 e. The second-order valence-electron chi connectivity index (χ2n) is 5.30. The average Bonchev–Trinajstić information content (AvgIpc) is 2.98. The minimum atomic E-state index is -0.229. The van der Waals surface area contributed by atoms with Gasteiger partial charge in [-0.1, -0.05) is 6.07 Å². The molecule has 0 aromatic heterocycles. The number of carbonyl (C=O) groups excluding carboxylic acids is 1. The summed E-state index contributed by atoms with van der Waals surface area (Å²) in [5, 5.41) is 2.91. The van der Waals surface area contributed by atoms with Crippen molar-refractivity contribution in [1.29, 1.82) is 0 Å². The third-order valence-electron chi connectivity index (χ3n) is 3.66. The summed E-state index contributed by atoms with van der Waals surface area (Å²) in [6.45, 7) is 1.28. The third-order valence-corrected chi connectivity index (χ3v) is 4.26. The Kier molecular flexibility index (Phi) is 6.51. The van der Waals surface area contributed by atoms with E-state index < -0.39 is 0 Å². The zero-order valence-electron chi connectivity index (χ0n) is 12.4. The molecule has 0 unspecified atom stereocenters. The van der Waals surface area contributed by atoms with Gasteiger partial charge < -0.3 is 10.1 Å². The van der Waals surface area contributed by atoms with Gasteiger partial charge in [0.1, 0.15) is 5.82 Å². The molecule has 3 nitrogen and oxygen atoms in total. The Morgan fingerprint density at radius 3 is 3.05 bits per heavy atom. The number of hydrogen-bond acceptors (Lipinski definition) is 3. The van der Waals surface area contributed by atoms with E-state index in [4.69, 9.17) is 4.74 Å². The van der Waals surface area contributed by atoms with Gasteiger partial charge in [0.25, 0.3) is 0 Å². The standard InChI is InChI=1S/C16H22FNO2S/c1-21-11-13-9-14(17)5-4-12(13)10-18-16(19)7-6-15-3-2-8-20-15/h4-5,9,15H,2-3,6-8,10-11H2,1H3,(H,18,19)/t15-/m0/s1. The van der Waals surface area contributed by atoms with E-state index in [0.29, 0.717) is 13.0 Å². The molecule has 1 aliphatic rings. The van der Waals surface area contributed by atoms with Crippen LogP contribution < -0.4 is 5.32 Å². The summed E-state index contributed by atoms with van der Waals surface area (Å²) in [5.41, 5.74) is 1.93. The molecule has 1 amide bonds. The molecule has 1 N–H and O–H groups in total. The van der Waals surface area contributed by atoms with Crippen LogP contribution in [0.1, 0.15) is 36.8 Å². The molecule has 21 heavy (non-hydrogen) atoms. The van der Waals surface area contributed by atoms with Crippen molar-refractivity contribution in [2.45, 2.75) is 44.1 Å². The highest BCUT2D eigenvalue weighted by Gasteiger charge is 2.16. The molecule has 5 heteroatoms. The van der Waals surface area contributed by atoms with Crippen LogP contribution >= 0.6 is 11.8 Å². The van der Waals surface area contributed by atoms with E-state index in [1.54, 1.807) is 23.9 Å². The first-order valence-corrected chi connectivity index (χ1v) is 8.73. The van der Waals surface area contributed by atoms with Gasteiger partial charge in [0.05, 0.1) is 6.10 Å². The van der Waals surface area contributed by atoms with E-state index in [1.807, 2.05) is 6.26 Å². The fourth-order valence-corrected chi connectivity index (χ4v) is 3.08. The second kappa shape index (κ2) is 8.39. The summed E-state index contributed by atoms with van der Waals surface area (Å²) in [5.74, 6) is 0.552. The molecule has 116 valence electrons.